The Hall–Kier alpha value is -3.38. The zero-order valence-electron chi connectivity index (χ0n) is 23.3. The highest BCUT2D eigenvalue weighted by atomic mass is 31.3. The standard InChI is InChI=1S/C21H26N7O15P3/c1-11(13-5-4-12(3-2-6-22)7-14(13)28(30)31)40-20-18-19(25-21(23)26-20)27(10-24-18)17-8-15(29)16(41-17)9-39-45(35,36)43-46(37,38)42-44(32,33)34/h4-5,7,10-11,15-17,29H,6,8-9,22H2,1H3,(H,35,36)(H,37,38)(H2,23,25,26)(H2,32,33,34)/t11-,15-,16-,17-/m1/s1. The number of nitro benzene ring substituents is 1. The second kappa shape index (κ2) is 13.8. The minimum atomic E-state index is -5.74. The van der Waals surface area contributed by atoms with Gasteiger partial charge in [0.2, 0.25) is 11.8 Å². The van der Waals surface area contributed by atoms with Crippen molar-refractivity contribution in [3.8, 4) is 17.7 Å². The van der Waals surface area contributed by atoms with E-state index in [1.165, 1.54) is 30.0 Å². The topological polar surface area (TPSA) is 337 Å². The Morgan fingerprint density at radius 3 is 2.57 bits per heavy atom. The van der Waals surface area contributed by atoms with Crippen molar-refractivity contribution >= 4 is 46.3 Å². The van der Waals surface area contributed by atoms with E-state index >= 15 is 0 Å². The smallest absolute Gasteiger partial charge is 0.468 e. The maximum atomic E-state index is 12.0. The van der Waals surface area contributed by atoms with Crippen LogP contribution in [0.2, 0.25) is 0 Å². The second-order valence-corrected chi connectivity index (χ2v) is 13.7. The molecule has 250 valence electrons. The molecule has 1 fully saturated rings. The Kier molecular flexibility index (Phi) is 10.6. The number of aromatic nitrogens is 4. The van der Waals surface area contributed by atoms with Gasteiger partial charge < -0.3 is 45.6 Å². The maximum absolute atomic E-state index is 12.0. The van der Waals surface area contributed by atoms with Gasteiger partial charge in [-0.3, -0.25) is 19.2 Å². The van der Waals surface area contributed by atoms with Gasteiger partial charge in [0.15, 0.2) is 11.2 Å². The number of anilines is 1. The van der Waals surface area contributed by atoms with Gasteiger partial charge in [0.25, 0.3) is 5.69 Å². The third-order valence-electron chi connectivity index (χ3n) is 6.03. The lowest BCUT2D eigenvalue weighted by atomic mass is 10.1. The normalized spacial score (nSPS) is 21.6. The highest BCUT2D eigenvalue weighted by Crippen LogP contribution is 2.66. The van der Waals surface area contributed by atoms with Gasteiger partial charge in [-0.1, -0.05) is 11.8 Å². The number of ether oxygens (including phenoxy) is 2. The third kappa shape index (κ3) is 8.90. The first-order valence-electron chi connectivity index (χ1n) is 12.6. The van der Waals surface area contributed by atoms with Crippen molar-refractivity contribution in [3.63, 3.8) is 0 Å². The molecule has 0 saturated carbocycles. The van der Waals surface area contributed by atoms with Crippen molar-refractivity contribution in [2.75, 3.05) is 18.9 Å². The van der Waals surface area contributed by atoms with Gasteiger partial charge in [-0.25, -0.2) is 18.7 Å². The third-order valence-corrected chi connectivity index (χ3v) is 9.83. The average molecular weight is 709 g/mol. The van der Waals surface area contributed by atoms with E-state index in [2.05, 4.69) is 39.9 Å². The maximum Gasteiger partial charge on any atom is 0.490 e. The lowest BCUT2D eigenvalue weighted by Gasteiger charge is -2.19. The fourth-order valence-electron chi connectivity index (χ4n) is 4.21. The number of hydrogen-bond donors (Lipinski definition) is 7. The van der Waals surface area contributed by atoms with E-state index < -0.39 is 59.5 Å². The van der Waals surface area contributed by atoms with Crippen molar-refractivity contribution in [3.05, 3.63) is 45.8 Å². The van der Waals surface area contributed by atoms with E-state index in [0.29, 0.717) is 5.56 Å². The molecule has 0 amide bonds. The molecule has 1 aliphatic rings. The summed E-state index contributed by atoms with van der Waals surface area (Å²) in [6.45, 7) is 0.708. The van der Waals surface area contributed by atoms with Gasteiger partial charge in [0.05, 0.1) is 36.1 Å². The number of fused-ring (bicyclic) bond motifs is 1. The van der Waals surface area contributed by atoms with Gasteiger partial charge in [-0.2, -0.15) is 18.6 Å². The molecule has 4 rings (SSSR count). The zero-order valence-corrected chi connectivity index (χ0v) is 26.0. The van der Waals surface area contributed by atoms with Crippen LogP contribution in [0.15, 0.2) is 24.5 Å². The molecule has 46 heavy (non-hydrogen) atoms. The predicted molar refractivity (Wildman–Crippen MR) is 152 cm³/mol. The number of hydrogen-bond acceptors (Lipinski definition) is 16. The number of rotatable bonds is 12. The molecule has 25 heteroatoms. The van der Waals surface area contributed by atoms with Crippen LogP contribution in [-0.4, -0.2) is 74.5 Å². The van der Waals surface area contributed by atoms with E-state index in [0.717, 1.165) is 0 Å². The molecule has 0 bridgehead atoms. The molecule has 2 aromatic heterocycles. The predicted octanol–water partition coefficient (Wildman–Crippen LogP) is 0.759. The fraction of sp³-hybridized carbons (Fsp3) is 0.381. The van der Waals surface area contributed by atoms with Gasteiger partial charge in [-0.05, 0) is 19.1 Å². The van der Waals surface area contributed by atoms with Crippen LogP contribution in [0.3, 0.4) is 0 Å². The number of nitro groups is 1. The van der Waals surface area contributed by atoms with Gasteiger partial charge >= 0.3 is 23.5 Å². The van der Waals surface area contributed by atoms with Crippen LogP contribution in [0.1, 0.15) is 36.8 Å². The van der Waals surface area contributed by atoms with E-state index in [4.69, 9.17) is 30.7 Å². The number of nitrogens with two attached hydrogens (primary N) is 2. The summed E-state index contributed by atoms with van der Waals surface area (Å²) >= 11 is 0. The number of phosphoric acid groups is 3. The summed E-state index contributed by atoms with van der Waals surface area (Å²) in [5.41, 5.74) is 11.7. The molecule has 1 aromatic carbocycles. The van der Waals surface area contributed by atoms with Gasteiger partial charge in [0.1, 0.15) is 18.4 Å². The van der Waals surface area contributed by atoms with Crippen LogP contribution in [0.5, 0.6) is 5.88 Å². The zero-order chi connectivity index (χ0) is 34.0. The van der Waals surface area contributed by atoms with E-state index in [9.17, 15) is 38.7 Å². The van der Waals surface area contributed by atoms with Crippen molar-refractivity contribution in [1.29, 1.82) is 0 Å². The number of benzene rings is 1. The Morgan fingerprint density at radius 2 is 1.91 bits per heavy atom. The monoisotopic (exact) mass is 709 g/mol. The number of phosphoric ester groups is 1. The molecule has 1 saturated heterocycles. The van der Waals surface area contributed by atoms with Crippen LogP contribution < -0.4 is 16.2 Å². The minimum absolute atomic E-state index is 0.0577. The lowest BCUT2D eigenvalue weighted by molar-refractivity contribution is -0.386. The first kappa shape index (κ1) is 35.5. The molecule has 3 aromatic rings. The Bertz CT molecular complexity index is 1840. The molecule has 0 spiro atoms. The number of imidazole rings is 1. The summed E-state index contributed by atoms with van der Waals surface area (Å²) in [6.07, 6.45) is -3.56. The molecule has 1 aliphatic heterocycles. The fourth-order valence-corrected chi connectivity index (χ4v) is 7.24. The molecule has 22 nitrogen and oxygen atoms in total. The lowest BCUT2D eigenvalue weighted by Crippen LogP contribution is -2.26. The number of aliphatic hydroxyl groups is 1. The molecule has 0 radical (unpaired) electrons. The summed E-state index contributed by atoms with van der Waals surface area (Å²) in [4.78, 5) is 59.8. The second-order valence-electron chi connectivity index (χ2n) is 9.33. The van der Waals surface area contributed by atoms with Crippen molar-refractivity contribution in [2.45, 2.75) is 37.9 Å². The van der Waals surface area contributed by atoms with Crippen LogP contribution in [-0.2, 0) is 31.6 Å². The van der Waals surface area contributed by atoms with Gasteiger partial charge in [-0.15, -0.1) is 0 Å². The van der Waals surface area contributed by atoms with Crippen LogP contribution in [0, 0.1) is 22.0 Å². The first-order chi connectivity index (χ1) is 21.4. The molecule has 0 aliphatic carbocycles. The van der Waals surface area contributed by atoms with Crippen LogP contribution in [0.25, 0.3) is 11.2 Å². The molecular formula is C21H26N7O15P3. The molecule has 6 atom stereocenters. The quantitative estimate of drug-likeness (QED) is 0.0590. The summed E-state index contributed by atoms with van der Waals surface area (Å²) in [5, 5.41) is 22.2. The summed E-state index contributed by atoms with van der Waals surface area (Å²) < 4.78 is 59.1. The van der Waals surface area contributed by atoms with Crippen LogP contribution in [0.4, 0.5) is 11.6 Å². The summed E-state index contributed by atoms with van der Waals surface area (Å²) in [7, 11) is -16.8. The summed E-state index contributed by atoms with van der Waals surface area (Å²) in [6, 6.07) is 4.31. The molecule has 3 heterocycles. The summed E-state index contributed by atoms with van der Waals surface area (Å²) in [5.74, 6) is 4.92. The Balaban J connectivity index is 1.51. The van der Waals surface area contributed by atoms with E-state index in [1.54, 1.807) is 6.07 Å². The first-order valence-corrected chi connectivity index (χ1v) is 17.2. The number of nitrogens with zero attached hydrogens (tertiary/aromatic N) is 5. The number of nitrogen functional groups attached to an aromatic ring is 1. The number of aliphatic hydroxyl groups excluding tert-OH is 1. The molecular weight excluding hydrogens is 683 g/mol. The Morgan fingerprint density at radius 1 is 1.20 bits per heavy atom. The van der Waals surface area contributed by atoms with E-state index in [-0.39, 0.29) is 47.2 Å². The largest absolute Gasteiger partial charge is 0.490 e. The van der Waals surface area contributed by atoms with Crippen molar-refractivity contribution < 1.29 is 65.9 Å². The van der Waals surface area contributed by atoms with Crippen LogP contribution >= 0.6 is 23.5 Å². The van der Waals surface area contributed by atoms with Crippen molar-refractivity contribution in [2.24, 2.45) is 5.73 Å². The minimum Gasteiger partial charge on any atom is -0.468 e. The average Bonchev–Trinajstić information content (AvgIpc) is 3.51. The Labute approximate surface area is 257 Å². The molecule has 9 N–H and O–H groups in total. The molecule has 2 unspecified atom stereocenters. The van der Waals surface area contributed by atoms with Crippen molar-refractivity contribution in [1.82, 2.24) is 19.5 Å². The highest BCUT2D eigenvalue weighted by molar-refractivity contribution is 7.66. The SMILES string of the molecule is C[C@@H](Oc1nc(N)nc2c1ncn2[C@H]1C[C@@H](O)[C@@H](COP(=O)(O)OP(=O)(O)OP(=O)(O)O)O1)c1ccc(C#CCN)cc1[N+](=O)[O-]. The highest BCUT2D eigenvalue weighted by Gasteiger charge is 2.43. The van der Waals surface area contributed by atoms with Gasteiger partial charge in [0, 0.05) is 18.1 Å². The van der Waals surface area contributed by atoms with E-state index in [1.807, 2.05) is 0 Å².